The molecule has 2 fully saturated rings. The van der Waals surface area contributed by atoms with Gasteiger partial charge in [-0.25, -0.2) is 19.0 Å². The quantitative estimate of drug-likeness (QED) is 0.226. The average molecular weight is 535 g/mol. The Morgan fingerprint density at radius 1 is 1.39 bits per heavy atom. The number of ether oxygens (including phenoxy) is 1. The Bertz CT molecular complexity index is 1940. The van der Waals surface area contributed by atoms with Gasteiger partial charge in [0, 0.05) is 30.9 Å². The van der Waals surface area contributed by atoms with Crippen molar-refractivity contribution in [3.63, 3.8) is 0 Å². The summed E-state index contributed by atoms with van der Waals surface area (Å²) in [6.45, 7) is -5.46. The van der Waals surface area contributed by atoms with Gasteiger partial charge in [0.25, 0.3) is 0 Å². The van der Waals surface area contributed by atoms with Crippen LogP contribution in [0.2, 0.25) is 0 Å². The molecule has 2 heterocycles. The smallest absolute Gasteiger partial charge is 0.191 e. The number of benzene rings is 1. The first-order chi connectivity index (χ1) is 23.3. The highest BCUT2D eigenvalue weighted by Crippen LogP contribution is 2.44. The molecule has 36 heavy (non-hydrogen) atoms. The number of hydrogen-bond acceptors (Lipinski definition) is 10. The summed E-state index contributed by atoms with van der Waals surface area (Å²) < 4.78 is 151. The van der Waals surface area contributed by atoms with E-state index in [1.54, 1.807) is 0 Å². The van der Waals surface area contributed by atoms with Crippen molar-refractivity contribution in [2.75, 3.05) is 24.1 Å². The number of nitrogens with zero attached hydrogens (tertiary/aromatic N) is 5. The number of aromatic nitrogens is 5. The molecule has 194 valence electrons. The predicted molar refractivity (Wildman–Crippen MR) is 133 cm³/mol. The molecular weight excluding hydrogens is 487 g/mol. The average Bonchev–Trinajstić information content (AvgIpc) is 3.43. The molecular formula is C24H31FN6O4S. The van der Waals surface area contributed by atoms with Crippen LogP contribution in [0.5, 0.6) is 0 Å². The van der Waals surface area contributed by atoms with Crippen LogP contribution in [0.1, 0.15) is 71.1 Å². The highest BCUT2D eigenvalue weighted by atomic mass is 32.2. The summed E-state index contributed by atoms with van der Waals surface area (Å²) in [5, 5.41) is 41.6. The molecule has 2 aromatic heterocycles. The molecule has 5 rings (SSSR count). The second-order valence-electron chi connectivity index (χ2n) is 7.56. The summed E-state index contributed by atoms with van der Waals surface area (Å²) in [4.78, 5) is 8.27. The molecule has 0 saturated heterocycles. The lowest BCUT2D eigenvalue weighted by molar-refractivity contribution is -0.0629. The fourth-order valence-corrected chi connectivity index (χ4v) is 3.86. The number of rotatable bonds is 10. The fraction of sp³-hybridized carbons (Fsp3) is 0.583. The van der Waals surface area contributed by atoms with Gasteiger partial charge in [0.15, 0.2) is 22.1 Å². The van der Waals surface area contributed by atoms with Gasteiger partial charge in [-0.3, -0.25) is 0 Å². The maximum atomic E-state index is 14.8. The van der Waals surface area contributed by atoms with Crippen molar-refractivity contribution in [3.05, 3.63) is 35.1 Å². The van der Waals surface area contributed by atoms with Gasteiger partial charge in [0.2, 0.25) is 0 Å². The van der Waals surface area contributed by atoms with Gasteiger partial charge in [-0.1, -0.05) is 36.0 Å². The zero-order valence-electron chi connectivity index (χ0n) is 34.8. The van der Waals surface area contributed by atoms with Crippen LogP contribution in [0.25, 0.3) is 11.2 Å². The molecule has 0 bridgehead atoms. The largest absolute Gasteiger partial charge is 0.394 e. The monoisotopic (exact) mass is 534 g/mol. The molecule has 2 aliphatic carbocycles. The Morgan fingerprint density at radius 3 is 3.00 bits per heavy atom. The van der Waals surface area contributed by atoms with E-state index in [1.165, 1.54) is 13.8 Å². The van der Waals surface area contributed by atoms with Crippen LogP contribution in [-0.2, 0) is 4.74 Å². The first kappa shape index (κ1) is 12.4. The second-order valence-corrected chi connectivity index (χ2v) is 8.42. The van der Waals surface area contributed by atoms with Gasteiger partial charge in [-0.15, -0.1) is 5.10 Å². The van der Waals surface area contributed by atoms with E-state index in [4.69, 9.17) is 21.9 Å². The molecule has 1 aromatic carbocycles. The van der Waals surface area contributed by atoms with Crippen LogP contribution in [-0.4, -0.2) is 83.4 Å². The Kier molecular flexibility index (Phi) is 3.64. The Morgan fingerprint density at radius 2 is 2.22 bits per heavy atom. The van der Waals surface area contributed by atoms with Gasteiger partial charge in [0.1, 0.15) is 18.0 Å². The highest BCUT2D eigenvalue weighted by Gasteiger charge is 2.45. The van der Waals surface area contributed by atoms with Gasteiger partial charge < -0.3 is 25.4 Å². The molecule has 0 spiro atoms. The number of anilines is 1. The summed E-state index contributed by atoms with van der Waals surface area (Å²) >= 11 is 0.382. The Labute approximate surface area is 234 Å². The number of nitrogens with one attached hydrogen (secondary N) is 1. The second kappa shape index (κ2) is 10.5. The zero-order valence-corrected chi connectivity index (χ0v) is 19.6. The SMILES string of the molecule is [2H]c1c([2H])c([C@]2([2H])C[C@H]2Nc2nc(SC([2H])([2H])CC)nc3c2nnn3[C@]2([2H])C([2H])([2H])[C@]([2H])(OC([2H])([2H])C([2H])([2H])O)[C@@]([2H])(O)[C@@]2([2H])O)c([2H])c(F)c1C. The molecule has 0 unspecified atom stereocenters. The summed E-state index contributed by atoms with van der Waals surface area (Å²) in [5.41, 5.74) is -4.15. The predicted octanol–water partition coefficient (Wildman–Crippen LogP) is 2.18. The third-order valence-electron chi connectivity index (χ3n) is 5.15. The molecule has 0 aliphatic heterocycles. The van der Waals surface area contributed by atoms with E-state index < -0.39 is 113 Å². The van der Waals surface area contributed by atoms with Crippen molar-refractivity contribution in [2.45, 2.75) is 74.4 Å². The molecule has 4 N–H and O–H groups in total. The van der Waals surface area contributed by atoms with E-state index in [2.05, 4.69) is 30.3 Å². The molecule has 12 heteroatoms. The fourth-order valence-electron chi connectivity index (χ4n) is 3.32. The zero-order chi connectivity index (χ0) is 39.8. The van der Waals surface area contributed by atoms with Crippen molar-refractivity contribution in [1.29, 1.82) is 0 Å². The van der Waals surface area contributed by atoms with Gasteiger partial charge in [-0.2, -0.15) is 0 Å². The maximum Gasteiger partial charge on any atom is 0.191 e. The number of halogens is 1. The summed E-state index contributed by atoms with van der Waals surface area (Å²) in [6, 6.07) is -7.00. The molecule has 3 aromatic rings. The van der Waals surface area contributed by atoms with Crippen LogP contribution in [0.4, 0.5) is 10.2 Å². The highest BCUT2D eigenvalue weighted by molar-refractivity contribution is 7.99. The van der Waals surface area contributed by atoms with Crippen molar-refractivity contribution in [3.8, 4) is 0 Å². The van der Waals surface area contributed by atoms with Gasteiger partial charge in [-0.05, 0) is 36.9 Å². The van der Waals surface area contributed by atoms with E-state index in [9.17, 15) is 19.7 Å². The molecule has 6 atom stereocenters. The van der Waals surface area contributed by atoms with Crippen LogP contribution in [0.15, 0.2) is 23.3 Å². The van der Waals surface area contributed by atoms with Gasteiger partial charge >= 0.3 is 0 Å². The molecule has 0 radical (unpaired) electrons. The normalized spacial score (nSPS) is 46.9. The molecule has 2 aliphatic rings. The van der Waals surface area contributed by atoms with E-state index in [0.29, 0.717) is 11.8 Å². The third-order valence-corrected chi connectivity index (χ3v) is 5.95. The van der Waals surface area contributed by atoms with Crippen molar-refractivity contribution < 1.29 is 46.4 Å². The van der Waals surface area contributed by atoms with Crippen LogP contribution in [0, 0.1) is 12.7 Å². The minimum absolute atomic E-state index is 0.0302. The van der Waals surface area contributed by atoms with E-state index >= 15 is 0 Å². The van der Waals surface area contributed by atoms with E-state index in [-0.39, 0.29) is 23.1 Å². The van der Waals surface area contributed by atoms with E-state index in [0.717, 1.165) is 0 Å². The van der Waals surface area contributed by atoms with Crippen LogP contribution < -0.4 is 5.32 Å². The standard InChI is InChI=1S/C24H31FN6O4S/c1-3-8-36-24-27-22(26-16-10-14(16)13-5-4-12(2)15(25)9-13)19-23(28-24)31(30-29-19)17-11-18(35-7-6-32)21(34)20(17)33/h4-5,9,14,16-18,20-21,32-34H,3,6-8,10-11H2,1-2H3,(H,26,27,28)/t14-,16+,17+,18-,20-,21+/m0/s1/i4D,5D,6D2,7D2,8D2,9D,11D2,14D,17D,18D,20D,21D. The van der Waals surface area contributed by atoms with Crippen molar-refractivity contribution >= 4 is 28.7 Å². The lowest BCUT2D eigenvalue weighted by Gasteiger charge is -2.17. The molecule has 10 nitrogen and oxygen atoms in total. The van der Waals surface area contributed by atoms with Crippen LogP contribution >= 0.6 is 11.8 Å². The molecule has 2 saturated carbocycles. The van der Waals surface area contributed by atoms with Crippen molar-refractivity contribution in [1.82, 2.24) is 25.0 Å². The third kappa shape index (κ3) is 4.92. The maximum absolute atomic E-state index is 14.8. The topological polar surface area (TPSA) is 138 Å². The van der Waals surface area contributed by atoms with Crippen LogP contribution in [0.3, 0.4) is 0 Å². The first-order valence-corrected chi connectivity index (χ1v) is 11.4. The minimum atomic E-state index is -4.38. The van der Waals surface area contributed by atoms with Crippen molar-refractivity contribution in [2.24, 2.45) is 0 Å². The number of aliphatic hydroxyl groups is 3. The number of fused-ring (bicyclic) bond motifs is 1. The first-order valence-electron chi connectivity index (χ1n) is 18.5. The minimum Gasteiger partial charge on any atom is -0.394 e. The summed E-state index contributed by atoms with van der Waals surface area (Å²) in [6.07, 6.45) is -17.5. The van der Waals surface area contributed by atoms with Gasteiger partial charge in [0.05, 0.1) is 40.3 Å². The van der Waals surface area contributed by atoms with E-state index in [1.807, 2.05) is 0 Å². The number of hydrogen-bond donors (Lipinski definition) is 4. The lowest BCUT2D eigenvalue weighted by Crippen LogP contribution is -2.33. The molecule has 0 amide bonds. The Balaban J connectivity index is 1.70. The summed E-state index contributed by atoms with van der Waals surface area (Å²) in [7, 11) is 0. The lowest BCUT2D eigenvalue weighted by atomic mass is 10.1. The summed E-state index contributed by atoms with van der Waals surface area (Å²) in [5.74, 6) is -3.43. The Hall–Kier alpha value is -2.38. The number of thioether (sulfide) groups is 1.